The van der Waals surface area contributed by atoms with Crippen molar-refractivity contribution in [2.24, 2.45) is 0 Å². The number of hydrogen-bond donors (Lipinski definition) is 0. The maximum absolute atomic E-state index is 10.6. The topological polar surface area (TPSA) is 26.3 Å². The van der Waals surface area contributed by atoms with Crippen LogP contribution < -0.4 is 0 Å². The normalized spacial score (nSPS) is 9.70. The van der Waals surface area contributed by atoms with Gasteiger partial charge in [0, 0.05) is 6.42 Å². The molecule has 0 amide bonds. The largest absolute Gasteiger partial charge is 0.529 e. The highest BCUT2D eigenvalue weighted by atomic mass is 28.2. The summed E-state index contributed by atoms with van der Waals surface area (Å²) in [5.74, 6) is -0.0252. The van der Waals surface area contributed by atoms with Crippen molar-refractivity contribution in [2.75, 3.05) is 0 Å². The molecular weight excluding hydrogens is 144 g/mol. The summed E-state index contributed by atoms with van der Waals surface area (Å²) in [4.78, 5) is 10.6. The van der Waals surface area contributed by atoms with Gasteiger partial charge in [0.25, 0.3) is 5.97 Å². The highest BCUT2D eigenvalue weighted by molar-refractivity contribution is 6.05. The summed E-state index contributed by atoms with van der Waals surface area (Å²) in [5, 5.41) is 0. The molecule has 60 valence electrons. The van der Waals surface area contributed by atoms with Gasteiger partial charge in [0.15, 0.2) is 0 Å². The van der Waals surface area contributed by atoms with Crippen molar-refractivity contribution in [2.45, 2.75) is 39.0 Å². The Hall–Kier alpha value is -0.313. The van der Waals surface area contributed by atoms with E-state index < -0.39 is 0 Å². The lowest BCUT2D eigenvalue weighted by Crippen LogP contribution is -2.00. The molecule has 0 rings (SSSR count). The monoisotopic (exact) mass is 160 g/mol. The number of hydrogen-bond acceptors (Lipinski definition) is 2. The molecule has 0 saturated carbocycles. The Morgan fingerprint density at radius 3 is 2.60 bits per heavy atom. The Balaban J connectivity index is 2.96. The molecule has 0 aliphatic carbocycles. The quantitative estimate of drug-likeness (QED) is 0.439. The molecule has 0 aliphatic heterocycles. The summed E-state index contributed by atoms with van der Waals surface area (Å²) >= 11 is 0. The van der Waals surface area contributed by atoms with Crippen molar-refractivity contribution in [1.82, 2.24) is 0 Å². The van der Waals surface area contributed by atoms with Crippen LogP contribution in [-0.2, 0) is 9.22 Å². The van der Waals surface area contributed by atoms with Gasteiger partial charge < -0.3 is 4.43 Å². The molecule has 0 N–H and O–H groups in total. The van der Waals surface area contributed by atoms with Crippen LogP contribution in [0, 0.1) is 0 Å². The lowest BCUT2D eigenvalue weighted by atomic mass is 10.2. The number of carbonyl (C=O) groups is 1. The van der Waals surface area contributed by atoms with E-state index in [4.69, 9.17) is 0 Å². The second-order valence-corrected chi connectivity index (χ2v) is 2.80. The van der Waals surface area contributed by atoms with Crippen LogP contribution in [0.1, 0.15) is 39.0 Å². The first-order valence-electron chi connectivity index (χ1n) is 3.88. The Bertz CT molecular complexity index is 93.6. The van der Waals surface area contributed by atoms with E-state index in [0.717, 1.165) is 12.8 Å². The van der Waals surface area contributed by atoms with Crippen molar-refractivity contribution in [3.63, 3.8) is 0 Å². The van der Waals surface area contributed by atoms with E-state index in [0.29, 0.717) is 16.9 Å². The van der Waals surface area contributed by atoms with Crippen LogP contribution in [0.25, 0.3) is 0 Å². The lowest BCUT2D eigenvalue weighted by molar-refractivity contribution is -0.134. The standard InChI is InChI=1S/C7H16O2Si/c1-2-3-4-5-6-7(8)9-10/h2-6H2,1,10H3. The third kappa shape index (κ3) is 5.82. The molecule has 0 heterocycles. The average molecular weight is 160 g/mol. The van der Waals surface area contributed by atoms with Gasteiger partial charge in [0.1, 0.15) is 0 Å². The zero-order valence-electron chi connectivity index (χ0n) is 6.85. The van der Waals surface area contributed by atoms with Crippen LogP contribution in [0.3, 0.4) is 0 Å². The van der Waals surface area contributed by atoms with E-state index >= 15 is 0 Å². The summed E-state index contributed by atoms with van der Waals surface area (Å²) < 4.78 is 4.63. The van der Waals surface area contributed by atoms with E-state index in [2.05, 4.69) is 11.3 Å². The van der Waals surface area contributed by atoms with Gasteiger partial charge in [-0.15, -0.1) is 0 Å². The molecule has 0 saturated heterocycles. The molecule has 0 spiro atoms. The summed E-state index contributed by atoms with van der Waals surface area (Å²) in [6.45, 7) is 2.16. The number of unbranched alkanes of at least 4 members (excludes halogenated alkanes) is 3. The average Bonchev–Trinajstić information content (AvgIpc) is 1.98. The number of rotatable bonds is 5. The SMILES string of the molecule is CCCCCCC(=O)O[SiH3]. The maximum Gasteiger partial charge on any atom is 0.291 e. The molecule has 0 aromatic carbocycles. The second-order valence-electron chi connectivity index (χ2n) is 2.39. The third-order valence-corrected chi connectivity index (χ3v) is 1.92. The van der Waals surface area contributed by atoms with Crippen molar-refractivity contribution >= 4 is 16.5 Å². The highest BCUT2D eigenvalue weighted by Gasteiger charge is 1.96. The van der Waals surface area contributed by atoms with Crippen molar-refractivity contribution in [3.05, 3.63) is 0 Å². The minimum Gasteiger partial charge on any atom is -0.529 e. The van der Waals surface area contributed by atoms with Crippen LogP contribution in [-0.4, -0.2) is 16.5 Å². The van der Waals surface area contributed by atoms with Crippen LogP contribution in [0.2, 0.25) is 0 Å². The van der Waals surface area contributed by atoms with Crippen molar-refractivity contribution in [3.8, 4) is 0 Å². The zero-order valence-corrected chi connectivity index (χ0v) is 8.85. The molecule has 0 radical (unpaired) electrons. The highest BCUT2D eigenvalue weighted by Crippen LogP contribution is 2.02. The first kappa shape index (κ1) is 9.69. The van der Waals surface area contributed by atoms with Crippen LogP contribution in [0.4, 0.5) is 0 Å². The second kappa shape index (κ2) is 6.80. The molecule has 0 aromatic heterocycles. The molecule has 3 heteroatoms. The molecule has 0 atom stereocenters. The molecule has 0 aliphatic rings. The molecule has 0 fully saturated rings. The molecule has 0 aromatic rings. The van der Waals surface area contributed by atoms with E-state index in [1.165, 1.54) is 12.8 Å². The van der Waals surface area contributed by atoms with Gasteiger partial charge in [0.05, 0.1) is 0 Å². The Labute approximate surface area is 65.5 Å². The van der Waals surface area contributed by atoms with Gasteiger partial charge in [-0.2, -0.15) is 0 Å². The summed E-state index contributed by atoms with van der Waals surface area (Å²) in [6.07, 6.45) is 5.22. The van der Waals surface area contributed by atoms with Gasteiger partial charge in [-0.25, -0.2) is 0 Å². The summed E-state index contributed by atoms with van der Waals surface area (Å²) in [6, 6.07) is 0. The smallest absolute Gasteiger partial charge is 0.291 e. The molecule has 2 nitrogen and oxygen atoms in total. The Kier molecular flexibility index (Phi) is 6.59. The molecular formula is C7H16O2Si. The zero-order chi connectivity index (χ0) is 7.82. The molecule has 0 unspecified atom stereocenters. The van der Waals surface area contributed by atoms with Crippen LogP contribution >= 0.6 is 0 Å². The van der Waals surface area contributed by atoms with Crippen molar-refractivity contribution < 1.29 is 9.22 Å². The van der Waals surface area contributed by atoms with Gasteiger partial charge in [-0.05, 0) is 6.42 Å². The van der Waals surface area contributed by atoms with E-state index in [9.17, 15) is 4.79 Å². The minimum absolute atomic E-state index is 0.0252. The van der Waals surface area contributed by atoms with Gasteiger partial charge in [0.2, 0.25) is 10.5 Å². The fourth-order valence-corrected chi connectivity index (χ4v) is 1.00. The Morgan fingerprint density at radius 2 is 2.10 bits per heavy atom. The molecule has 10 heavy (non-hydrogen) atoms. The molecule has 0 bridgehead atoms. The third-order valence-electron chi connectivity index (χ3n) is 1.46. The Morgan fingerprint density at radius 1 is 1.40 bits per heavy atom. The van der Waals surface area contributed by atoms with Gasteiger partial charge in [-0.1, -0.05) is 26.2 Å². The fourth-order valence-electron chi connectivity index (χ4n) is 0.798. The first-order chi connectivity index (χ1) is 4.81. The summed E-state index contributed by atoms with van der Waals surface area (Å²) in [5.41, 5.74) is 0. The maximum atomic E-state index is 10.6. The minimum atomic E-state index is -0.0252. The van der Waals surface area contributed by atoms with Crippen LogP contribution in [0.15, 0.2) is 0 Å². The van der Waals surface area contributed by atoms with Crippen LogP contribution in [0.5, 0.6) is 0 Å². The lowest BCUT2D eigenvalue weighted by Gasteiger charge is -1.97. The van der Waals surface area contributed by atoms with E-state index in [-0.39, 0.29) is 5.97 Å². The fraction of sp³-hybridized carbons (Fsp3) is 0.857. The first-order valence-corrected chi connectivity index (χ1v) is 4.69. The van der Waals surface area contributed by atoms with Gasteiger partial charge >= 0.3 is 0 Å². The van der Waals surface area contributed by atoms with E-state index in [1.807, 2.05) is 0 Å². The van der Waals surface area contributed by atoms with Crippen molar-refractivity contribution in [1.29, 1.82) is 0 Å². The van der Waals surface area contributed by atoms with Gasteiger partial charge in [-0.3, -0.25) is 4.79 Å². The predicted octanol–water partition coefficient (Wildman–Crippen LogP) is 0.780. The number of carbonyl (C=O) groups excluding carboxylic acids is 1. The summed E-state index contributed by atoms with van der Waals surface area (Å²) in [7, 11) is 0.543. The predicted molar refractivity (Wildman–Crippen MR) is 44.8 cm³/mol. The van der Waals surface area contributed by atoms with E-state index in [1.54, 1.807) is 0 Å².